The largest absolute Gasteiger partial charge is 0.454 e. The van der Waals surface area contributed by atoms with Gasteiger partial charge in [0.05, 0.1) is 11.0 Å². The molecule has 0 aromatic heterocycles. The second-order valence-electron chi connectivity index (χ2n) is 9.39. The zero-order valence-corrected chi connectivity index (χ0v) is 21.4. The minimum absolute atomic E-state index is 0.0465. The molecule has 2 aromatic rings. The van der Waals surface area contributed by atoms with Gasteiger partial charge in [0.2, 0.25) is 0 Å². The van der Waals surface area contributed by atoms with Gasteiger partial charge in [-0.1, -0.05) is 37.2 Å². The molecular weight excluding hydrogens is 478 g/mol. The molecule has 2 aliphatic heterocycles. The lowest BCUT2D eigenvalue weighted by Crippen LogP contribution is -2.47. The fraction of sp³-hybridized carbons (Fsp3) is 0.357. The van der Waals surface area contributed by atoms with E-state index < -0.39 is 5.41 Å². The van der Waals surface area contributed by atoms with Crippen LogP contribution in [0.15, 0.2) is 59.6 Å². The molecule has 5 rings (SSSR count). The van der Waals surface area contributed by atoms with Crippen molar-refractivity contribution in [3.8, 4) is 11.5 Å². The van der Waals surface area contributed by atoms with Crippen LogP contribution in [-0.4, -0.2) is 66.7 Å². The topological polar surface area (TPSA) is 79.3 Å². The summed E-state index contributed by atoms with van der Waals surface area (Å²) in [5.74, 6) is 2.20. The van der Waals surface area contributed by atoms with E-state index in [1.807, 2.05) is 42.5 Å². The quantitative estimate of drug-likeness (QED) is 0.329. The SMILES string of the molecule is C=C1CC(=O)CC(C=O)(CC)C1=O.CN1CCN(C2=Nc3ccccc3Oc3ccc(Cl)cc32)CC1. The third-order valence-corrected chi connectivity index (χ3v) is 7.08. The lowest BCUT2D eigenvalue weighted by molar-refractivity contribution is -0.140. The number of benzene rings is 2. The van der Waals surface area contributed by atoms with Crippen LogP contribution >= 0.6 is 11.6 Å². The Balaban J connectivity index is 0.000000200. The highest BCUT2D eigenvalue weighted by Crippen LogP contribution is 2.39. The van der Waals surface area contributed by atoms with Crippen molar-refractivity contribution in [2.45, 2.75) is 26.2 Å². The number of Topliss-reactive ketones (excluding diaryl/α,β-unsaturated/α-hetero) is 2. The number of ketones is 2. The number of likely N-dealkylation sites (N-methyl/N-ethyl adjacent to an activating group) is 1. The molecule has 2 fully saturated rings. The van der Waals surface area contributed by atoms with Crippen LogP contribution in [0.2, 0.25) is 5.02 Å². The maximum absolute atomic E-state index is 11.6. The normalized spacial score (nSPS) is 21.8. The van der Waals surface area contributed by atoms with Crippen LogP contribution in [0.4, 0.5) is 5.69 Å². The Morgan fingerprint density at radius 2 is 1.83 bits per heavy atom. The Bertz CT molecular complexity index is 1230. The van der Waals surface area contributed by atoms with E-state index in [9.17, 15) is 14.4 Å². The van der Waals surface area contributed by atoms with E-state index in [0.29, 0.717) is 17.7 Å². The van der Waals surface area contributed by atoms with Crippen LogP contribution in [0.3, 0.4) is 0 Å². The smallest absolute Gasteiger partial charge is 0.172 e. The van der Waals surface area contributed by atoms with Gasteiger partial charge in [-0.3, -0.25) is 9.59 Å². The number of fused-ring (bicyclic) bond motifs is 2. The van der Waals surface area contributed by atoms with E-state index in [1.54, 1.807) is 6.92 Å². The van der Waals surface area contributed by atoms with E-state index in [1.165, 1.54) is 0 Å². The van der Waals surface area contributed by atoms with Crippen LogP contribution in [0.1, 0.15) is 31.7 Å². The van der Waals surface area contributed by atoms with Gasteiger partial charge >= 0.3 is 0 Å². The summed E-state index contributed by atoms with van der Waals surface area (Å²) >= 11 is 6.23. The number of hydrogen-bond donors (Lipinski definition) is 0. The zero-order chi connectivity index (χ0) is 25.9. The number of carbonyl (C=O) groups excluding carboxylic acids is 3. The van der Waals surface area contributed by atoms with Crippen LogP contribution in [-0.2, 0) is 14.4 Å². The number of nitrogens with zero attached hydrogens (tertiary/aromatic N) is 3. The first kappa shape index (κ1) is 25.8. The number of aldehydes is 1. The fourth-order valence-corrected chi connectivity index (χ4v) is 4.76. The van der Waals surface area contributed by atoms with E-state index in [0.717, 1.165) is 54.8 Å². The number of hydrogen-bond acceptors (Lipinski definition) is 7. The molecule has 0 N–H and O–H groups in total. The van der Waals surface area contributed by atoms with Gasteiger partial charge in [0.1, 0.15) is 29.3 Å². The van der Waals surface area contributed by atoms with Crippen LogP contribution < -0.4 is 4.74 Å². The first-order valence-corrected chi connectivity index (χ1v) is 12.4. The lowest BCUT2D eigenvalue weighted by Gasteiger charge is -2.34. The van der Waals surface area contributed by atoms with Crippen molar-refractivity contribution in [2.24, 2.45) is 10.4 Å². The summed E-state index contributed by atoms with van der Waals surface area (Å²) < 4.78 is 6.09. The van der Waals surface area contributed by atoms with E-state index in [4.69, 9.17) is 21.3 Å². The van der Waals surface area contributed by atoms with Gasteiger partial charge in [-0.15, -0.1) is 0 Å². The Morgan fingerprint density at radius 1 is 1.11 bits per heavy atom. The number of amidine groups is 1. The van der Waals surface area contributed by atoms with Gasteiger partial charge in [0, 0.05) is 44.0 Å². The van der Waals surface area contributed by atoms with Crippen LogP contribution in [0.5, 0.6) is 11.5 Å². The van der Waals surface area contributed by atoms with Crippen molar-refractivity contribution in [2.75, 3.05) is 33.2 Å². The Kier molecular flexibility index (Phi) is 7.71. The molecule has 1 aliphatic carbocycles. The molecule has 1 atom stereocenters. The second-order valence-corrected chi connectivity index (χ2v) is 9.82. The monoisotopic (exact) mass is 507 g/mol. The van der Waals surface area contributed by atoms with Gasteiger partial charge in [0.15, 0.2) is 11.5 Å². The van der Waals surface area contributed by atoms with Gasteiger partial charge in [0.25, 0.3) is 0 Å². The molecule has 0 amide bonds. The minimum Gasteiger partial charge on any atom is -0.454 e. The molecule has 0 radical (unpaired) electrons. The minimum atomic E-state index is -1.10. The third kappa shape index (κ3) is 5.27. The summed E-state index contributed by atoms with van der Waals surface area (Å²) in [6.45, 7) is 9.19. The number of aliphatic imine (C=N–C) groups is 1. The number of piperazine rings is 1. The summed E-state index contributed by atoms with van der Waals surface area (Å²) in [5.41, 5.74) is 0.976. The molecule has 1 saturated carbocycles. The first-order chi connectivity index (χ1) is 17.3. The molecule has 36 heavy (non-hydrogen) atoms. The molecule has 8 heteroatoms. The van der Waals surface area contributed by atoms with E-state index >= 15 is 0 Å². The summed E-state index contributed by atoms with van der Waals surface area (Å²) in [7, 11) is 2.15. The van der Waals surface area contributed by atoms with Crippen LogP contribution in [0.25, 0.3) is 0 Å². The van der Waals surface area contributed by atoms with Crippen molar-refractivity contribution >= 4 is 41.0 Å². The standard InChI is InChI=1S/C18H18ClN3O.C10H12O3/c1-21-8-10-22(11-9-21)18-14-12-13(19)6-7-16(14)23-17-5-3-2-4-15(17)20-18;1-3-10(6-11)5-8(12)4-7(2)9(10)13/h2-7,12H,8-11H2,1H3;6H,2-5H2,1H3. The second kappa shape index (κ2) is 10.8. The number of para-hydroxylation sites is 2. The maximum Gasteiger partial charge on any atom is 0.172 e. The molecule has 1 saturated heterocycles. The first-order valence-electron chi connectivity index (χ1n) is 12.1. The summed E-state index contributed by atoms with van der Waals surface area (Å²) in [6, 6.07) is 13.6. The van der Waals surface area contributed by atoms with E-state index in [-0.39, 0.29) is 30.0 Å². The van der Waals surface area contributed by atoms with Crippen molar-refractivity contribution in [3.63, 3.8) is 0 Å². The number of carbonyl (C=O) groups is 3. The third-order valence-electron chi connectivity index (χ3n) is 6.85. The average Bonchev–Trinajstić information content (AvgIpc) is 3.04. The van der Waals surface area contributed by atoms with Crippen molar-refractivity contribution in [1.82, 2.24) is 9.80 Å². The molecule has 0 spiro atoms. The maximum atomic E-state index is 11.6. The molecular formula is C28H30ClN3O4. The van der Waals surface area contributed by atoms with Crippen molar-refractivity contribution in [1.29, 1.82) is 0 Å². The molecule has 1 unspecified atom stereocenters. The van der Waals surface area contributed by atoms with Gasteiger partial charge in [-0.2, -0.15) is 0 Å². The Morgan fingerprint density at radius 3 is 2.53 bits per heavy atom. The highest BCUT2D eigenvalue weighted by molar-refractivity contribution is 6.31. The molecule has 7 nitrogen and oxygen atoms in total. The molecule has 0 bridgehead atoms. The number of halogens is 1. The average molecular weight is 508 g/mol. The Labute approximate surface area is 216 Å². The molecule has 3 aliphatic rings. The summed E-state index contributed by atoms with van der Waals surface area (Å²) in [5, 5.41) is 0.695. The van der Waals surface area contributed by atoms with Gasteiger partial charge < -0.3 is 19.3 Å². The Hall–Kier alpha value is -3.29. The molecule has 2 aromatic carbocycles. The lowest BCUT2D eigenvalue weighted by atomic mass is 9.70. The predicted octanol–water partition coefficient (Wildman–Crippen LogP) is 4.84. The van der Waals surface area contributed by atoms with Gasteiger partial charge in [-0.25, -0.2) is 4.99 Å². The fourth-order valence-electron chi connectivity index (χ4n) is 4.58. The number of allylic oxidation sites excluding steroid dienone is 1. The highest BCUT2D eigenvalue weighted by atomic mass is 35.5. The van der Waals surface area contributed by atoms with E-state index in [2.05, 4.69) is 23.4 Å². The zero-order valence-electron chi connectivity index (χ0n) is 20.6. The number of rotatable bonds is 2. The summed E-state index contributed by atoms with van der Waals surface area (Å²) in [6.07, 6.45) is 1.12. The van der Waals surface area contributed by atoms with Crippen molar-refractivity contribution in [3.05, 3.63) is 65.2 Å². The van der Waals surface area contributed by atoms with Gasteiger partial charge in [-0.05, 0) is 49.4 Å². The van der Waals surface area contributed by atoms with Crippen LogP contribution in [0, 0.1) is 5.41 Å². The predicted molar refractivity (Wildman–Crippen MR) is 140 cm³/mol. The molecule has 2 heterocycles. The molecule has 188 valence electrons. The number of ether oxygens (including phenoxy) is 1. The summed E-state index contributed by atoms with van der Waals surface area (Å²) in [4.78, 5) is 43.1. The highest BCUT2D eigenvalue weighted by Gasteiger charge is 2.43. The van der Waals surface area contributed by atoms with Crippen molar-refractivity contribution < 1.29 is 19.1 Å².